The normalized spacial score (nSPS) is 14.6. The highest BCUT2D eigenvalue weighted by Crippen LogP contribution is 2.33. The summed E-state index contributed by atoms with van der Waals surface area (Å²) in [7, 11) is 3.46. The van der Waals surface area contributed by atoms with Crippen LogP contribution in [0.15, 0.2) is 47.4 Å². The number of hydrogen-bond donors (Lipinski definition) is 2. The highest BCUT2D eigenvalue weighted by atomic mass is 19.4. The average Bonchev–Trinajstić information content (AvgIpc) is 2.97. The second-order valence-electron chi connectivity index (χ2n) is 13.6. The Morgan fingerprint density at radius 2 is 1.80 bits per heavy atom. The van der Waals surface area contributed by atoms with Crippen molar-refractivity contribution in [2.75, 3.05) is 20.6 Å². The SMILES string of the molecule is Cc1cccc(C)c1-c1cc(C#CC2CCC2)nc([C@H](CC(=O)O)NC(=O)[C@H](CC(C)C)n2cc(CCN(C)C)c(C(F)(F)F)cc2=O)c1. The third-order valence-corrected chi connectivity index (χ3v) is 8.81. The highest BCUT2D eigenvalue weighted by Gasteiger charge is 2.36. The summed E-state index contributed by atoms with van der Waals surface area (Å²) in [5.41, 5.74) is 2.31. The van der Waals surface area contributed by atoms with Gasteiger partial charge in [0.05, 0.1) is 23.7 Å². The van der Waals surface area contributed by atoms with E-state index in [2.05, 4.69) is 17.2 Å². The minimum Gasteiger partial charge on any atom is -0.481 e. The summed E-state index contributed by atoms with van der Waals surface area (Å²) in [6.45, 7) is 7.91. The van der Waals surface area contributed by atoms with Crippen molar-refractivity contribution in [3.05, 3.63) is 86.6 Å². The summed E-state index contributed by atoms with van der Waals surface area (Å²) >= 11 is 0. The number of nitrogens with zero attached hydrogens (tertiary/aromatic N) is 3. The Morgan fingerprint density at radius 1 is 1.12 bits per heavy atom. The Kier molecular flexibility index (Phi) is 12.1. The van der Waals surface area contributed by atoms with Gasteiger partial charge in [0.25, 0.3) is 5.56 Å². The van der Waals surface area contributed by atoms with Crippen LogP contribution in [0.25, 0.3) is 11.1 Å². The molecule has 0 unspecified atom stereocenters. The molecule has 1 saturated carbocycles. The Balaban J connectivity index is 1.81. The van der Waals surface area contributed by atoms with Crippen LogP contribution in [0, 0.1) is 37.5 Å². The van der Waals surface area contributed by atoms with E-state index in [1.54, 1.807) is 25.1 Å². The van der Waals surface area contributed by atoms with E-state index in [0.29, 0.717) is 11.8 Å². The maximum Gasteiger partial charge on any atom is 0.416 e. The molecule has 2 atom stereocenters. The molecular weight excluding hydrogens is 633 g/mol. The number of aromatic nitrogens is 2. The van der Waals surface area contributed by atoms with Crippen LogP contribution >= 0.6 is 0 Å². The van der Waals surface area contributed by atoms with Gasteiger partial charge in [0.1, 0.15) is 11.7 Å². The van der Waals surface area contributed by atoms with Crippen molar-refractivity contribution in [1.29, 1.82) is 0 Å². The molecule has 0 saturated heterocycles. The molecule has 0 spiro atoms. The lowest BCUT2D eigenvalue weighted by atomic mass is 9.86. The molecule has 11 heteroatoms. The zero-order chi connectivity index (χ0) is 36.0. The van der Waals surface area contributed by atoms with Gasteiger partial charge in [0, 0.05) is 24.7 Å². The molecule has 4 rings (SSSR count). The van der Waals surface area contributed by atoms with Gasteiger partial charge in [-0.15, -0.1) is 0 Å². The summed E-state index contributed by atoms with van der Waals surface area (Å²) in [4.78, 5) is 46.0. The van der Waals surface area contributed by atoms with Gasteiger partial charge in [0.2, 0.25) is 5.91 Å². The molecule has 3 aromatic rings. The molecular formula is C38H45F3N4O4. The number of halogens is 3. The first-order valence-corrected chi connectivity index (χ1v) is 16.6. The minimum absolute atomic E-state index is 0.000515. The Bertz CT molecular complexity index is 1780. The molecule has 2 heterocycles. The number of aliphatic carboxylic acids is 1. The largest absolute Gasteiger partial charge is 0.481 e. The predicted molar refractivity (Wildman–Crippen MR) is 183 cm³/mol. The van der Waals surface area contributed by atoms with Crippen LogP contribution in [-0.2, 0) is 22.2 Å². The quantitative estimate of drug-likeness (QED) is 0.206. The smallest absolute Gasteiger partial charge is 0.416 e. The van der Waals surface area contributed by atoms with E-state index in [0.717, 1.165) is 52.3 Å². The second-order valence-corrected chi connectivity index (χ2v) is 13.6. The molecule has 2 aromatic heterocycles. The van der Waals surface area contributed by atoms with Crippen LogP contribution in [0.5, 0.6) is 0 Å². The molecule has 262 valence electrons. The average molecular weight is 679 g/mol. The number of alkyl halides is 3. The third kappa shape index (κ3) is 9.82. The second kappa shape index (κ2) is 15.9. The standard InChI is InChI=1S/C38H45F3N4O4/c1-23(2)17-33(45-22-27(15-16-44(5)6)30(20-34(45)46)38(39,40)41)37(49)43-32(21-35(47)48)31-19-28(36-24(3)9-7-10-25(36)4)18-29(42-31)14-13-26-11-8-12-26/h7,9-10,18-20,22-23,26,32-33H,8,11-12,15-17,21H2,1-6H3,(H,43,49)(H,47,48)/t32-,33-/m0/s1. The van der Waals surface area contributed by atoms with Crippen LogP contribution in [0.2, 0.25) is 0 Å². The molecule has 2 N–H and O–H groups in total. The van der Waals surface area contributed by atoms with Crippen LogP contribution in [0.1, 0.15) is 91.7 Å². The van der Waals surface area contributed by atoms with Crippen molar-refractivity contribution in [2.24, 2.45) is 11.8 Å². The zero-order valence-electron chi connectivity index (χ0n) is 28.9. The van der Waals surface area contributed by atoms with Crippen molar-refractivity contribution in [3.8, 4) is 23.0 Å². The highest BCUT2D eigenvalue weighted by molar-refractivity contribution is 5.82. The van der Waals surface area contributed by atoms with Crippen LogP contribution in [0.4, 0.5) is 13.2 Å². The lowest BCUT2D eigenvalue weighted by Gasteiger charge is -2.26. The van der Waals surface area contributed by atoms with E-state index in [-0.39, 0.29) is 42.5 Å². The van der Waals surface area contributed by atoms with Crippen molar-refractivity contribution in [2.45, 2.75) is 84.5 Å². The maximum absolute atomic E-state index is 14.1. The molecule has 0 aliphatic heterocycles. The number of carbonyl (C=O) groups is 2. The molecule has 0 bridgehead atoms. The van der Waals surface area contributed by atoms with Gasteiger partial charge >= 0.3 is 12.1 Å². The Hall–Kier alpha value is -4.43. The fraction of sp³-hybridized carbons (Fsp3) is 0.474. The lowest BCUT2D eigenvalue weighted by molar-refractivity contribution is -0.139. The number of carboxylic acids is 1. The molecule has 1 aliphatic rings. The summed E-state index contributed by atoms with van der Waals surface area (Å²) in [6, 6.07) is 7.73. The van der Waals surface area contributed by atoms with Gasteiger partial charge in [-0.3, -0.25) is 14.4 Å². The van der Waals surface area contributed by atoms with Crippen LogP contribution in [0.3, 0.4) is 0 Å². The summed E-state index contributed by atoms with van der Waals surface area (Å²) in [5.74, 6) is 4.67. The first-order valence-electron chi connectivity index (χ1n) is 16.6. The number of aryl methyl sites for hydroxylation is 2. The fourth-order valence-corrected chi connectivity index (χ4v) is 6.05. The topological polar surface area (TPSA) is 105 Å². The van der Waals surface area contributed by atoms with E-state index in [9.17, 15) is 32.7 Å². The van der Waals surface area contributed by atoms with E-state index >= 15 is 0 Å². The number of pyridine rings is 2. The molecule has 0 radical (unpaired) electrons. The van der Waals surface area contributed by atoms with Gasteiger partial charge in [-0.1, -0.05) is 44.4 Å². The molecule has 1 amide bonds. The van der Waals surface area contributed by atoms with Gasteiger partial charge in [-0.25, -0.2) is 4.98 Å². The number of carboxylic acid groups (broad SMARTS) is 1. The molecule has 49 heavy (non-hydrogen) atoms. The molecule has 1 aromatic carbocycles. The van der Waals surface area contributed by atoms with E-state index in [1.165, 1.54) is 0 Å². The molecule has 1 aliphatic carbocycles. The molecule has 8 nitrogen and oxygen atoms in total. The number of amides is 1. The first-order chi connectivity index (χ1) is 23.0. The zero-order valence-corrected chi connectivity index (χ0v) is 28.9. The Labute approximate surface area is 285 Å². The number of hydrogen-bond acceptors (Lipinski definition) is 5. The van der Waals surface area contributed by atoms with Crippen molar-refractivity contribution >= 4 is 11.9 Å². The number of likely N-dealkylation sites (N-methyl/N-ethyl adjacent to an activating group) is 1. The van der Waals surface area contributed by atoms with Crippen molar-refractivity contribution in [3.63, 3.8) is 0 Å². The van der Waals surface area contributed by atoms with Gasteiger partial charge in [0.15, 0.2) is 0 Å². The minimum atomic E-state index is -4.76. The van der Waals surface area contributed by atoms with E-state index in [1.807, 2.05) is 52.0 Å². The van der Waals surface area contributed by atoms with Crippen LogP contribution < -0.4 is 10.9 Å². The van der Waals surface area contributed by atoms with Crippen molar-refractivity contribution < 1.29 is 27.9 Å². The first kappa shape index (κ1) is 37.4. The number of nitrogens with one attached hydrogen (secondary N) is 1. The summed E-state index contributed by atoms with van der Waals surface area (Å²) in [6.07, 6.45) is -0.900. The molecule has 1 fully saturated rings. The monoisotopic (exact) mass is 678 g/mol. The third-order valence-electron chi connectivity index (χ3n) is 8.81. The summed E-state index contributed by atoms with van der Waals surface area (Å²) in [5, 5.41) is 12.7. The number of rotatable bonds is 12. The number of benzene rings is 1. The lowest BCUT2D eigenvalue weighted by Crippen LogP contribution is -2.41. The van der Waals surface area contributed by atoms with Gasteiger partial charge in [-0.2, -0.15) is 13.2 Å². The fourth-order valence-electron chi connectivity index (χ4n) is 6.05. The maximum atomic E-state index is 14.1. The van der Waals surface area contributed by atoms with Crippen LogP contribution in [-0.4, -0.2) is 52.1 Å². The number of carbonyl (C=O) groups excluding carboxylic acids is 1. The Morgan fingerprint density at radius 3 is 2.35 bits per heavy atom. The summed E-state index contributed by atoms with van der Waals surface area (Å²) < 4.78 is 43.0. The van der Waals surface area contributed by atoms with E-state index < -0.39 is 47.7 Å². The predicted octanol–water partition coefficient (Wildman–Crippen LogP) is 6.72. The van der Waals surface area contributed by atoms with Crippen molar-refractivity contribution in [1.82, 2.24) is 19.8 Å². The van der Waals surface area contributed by atoms with Gasteiger partial charge in [-0.05, 0) is 105 Å². The van der Waals surface area contributed by atoms with E-state index in [4.69, 9.17) is 4.98 Å². The van der Waals surface area contributed by atoms with Gasteiger partial charge < -0.3 is 19.9 Å².